The summed E-state index contributed by atoms with van der Waals surface area (Å²) in [4.78, 5) is 14.7. The second-order valence-corrected chi connectivity index (χ2v) is 3.42. The molecule has 2 aromatic rings. The summed E-state index contributed by atoms with van der Waals surface area (Å²) in [5, 5.41) is 8.69. The molecule has 0 fully saturated rings. The number of aromatic nitrogens is 1. The van der Waals surface area contributed by atoms with Gasteiger partial charge in [0.15, 0.2) is 0 Å². The van der Waals surface area contributed by atoms with Crippen molar-refractivity contribution in [1.82, 2.24) is 4.98 Å². The maximum atomic E-state index is 10.6. The van der Waals surface area contributed by atoms with E-state index in [0.29, 0.717) is 12.4 Å². The Morgan fingerprint density at radius 3 is 2.94 bits per heavy atom. The van der Waals surface area contributed by atoms with Gasteiger partial charge in [-0.05, 0) is 18.2 Å². The first-order valence-electron chi connectivity index (χ1n) is 5.04. The quantitative estimate of drug-likeness (QED) is 0.856. The third-order valence-electron chi connectivity index (χ3n) is 2.12. The number of carbonyl (C=O) groups is 1. The van der Waals surface area contributed by atoms with Crippen LogP contribution in [0, 0.1) is 0 Å². The average molecular weight is 233 g/mol. The van der Waals surface area contributed by atoms with Crippen molar-refractivity contribution in [3.8, 4) is 0 Å². The predicted molar refractivity (Wildman–Crippen MR) is 58.4 cm³/mol. The summed E-state index contributed by atoms with van der Waals surface area (Å²) in [6.07, 6.45) is 2.88. The molecule has 2 rings (SSSR count). The van der Waals surface area contributed by atoms with Crippen molar-refractivity contribution in [3.05, 3.63) is 53.7 Å². The van der Waals surface area contributed by atoms with Crippen LogP contribution in [-0.2, 0) is 18.0 Å². The molecule has 0 saturated carbocycles. The number of carboxylic acids is 1. The number of carboxylic acid groups (broad SMARTS) is 1. The van der Waals surface area contributed by atoms with Crippen LogP contribution in [0.25, 0.3) is 0 Å². The van der Waals surface area contributed by atoms with Crippen LogP contribution in [0.2, 0.25) is 0 Å². The maximum Gasteiger partial charge on any atom is 0.338 e. The topological polar surface area (TPSA) is 72.6 Å². The molecule has 0 aliphatic rings. The second-order valence-electron chi connectivity index (χ2n) is 3.42. The van der Waals surface area contributed by atoms with Gasteiger partial charge >= 0.3 is 5.97 Å². The van der Waals surface area contributed by atoms with E-state index in [4.69, 9.17) is 14.3 Å². The molecule has 1 N–H and O–H groups in total. The highest BCUT2D eigenvalue weighted by atomic mass is 16.5. The van der Waals surface area contributed by atoms with E-state index in [9.17, 15) is 4.79 Å². The molecular formula is C12H11NO4. The molecule has 0 aliphatic heterocycles. The largest absolute Gasteiger partial charge is 0.478 e. The normalized spacial score (nSPS) is 10.4. The van der Waals surface area contributed by atoms with Gasteiger partial charge in [-0.25, -0.2) is 4.79 Å². The van der Waals surface area contributed by atoms with E-state index < -0.39 is 5.97 Å². The molecule has 5 heteroatoms. The van der Waals surface area contributed by atoms with Crippen LogP contribution < -0.4 is 0 Å². The van der Waals surface area contributed by atoms with E-state index in [1.165, 1.54) is 12.3 Å². The fourth-order valence-electron chi connectivity index (χ4n) is 1.31. The van der Waals surface area contributed by atoms with E-state index in [1.807, 2.05) is 18.2 Å². The summed E-state index contributed by atoms with van der Waals surface area (Å²) >= 11 is 0. The van der Waals surface area contributed by atoms with E-state index >= 15 is 0 Å². The van der Waals surface area contributed by atoms with Crippen LogP contribution >= 0.6 is 0 Å². The molecule has 5 nitrogen and oxygen atoms in total. The summed E-state index contributed by atoms with van der Waals surface area (Å²) in [6, 6.07) is 7.00. The zero-order valence-corrected chi connectivity index (χ0v) is 9.00. The van der Waals surface area contributed by atoms with Crippen LogP contribution in [0.15, 0.2) is 41.1 Å². The second kappa shape index (κ2) is 5.27. The van der Waals surface area contributed by atoms with E-state index in [2.05, 4.69) is 4.98 Å². The molecule has 0 aromatic carbocycles. The minimum atomic E-state index is -1.01. The highest BCUT2D eigenvalue weighted by Gasteiger charge is 2.08. The highest BCUT2D eigenvalue weighted by molar-refractivity contribution is 5.87. The van der Waals surface area contributed by atoms with Gasteiger partial charge in [-0.15, -0.1) is 0 Å². The van der Waals surface area contributed by atoms with Gasteiger partial charge in [0.2, 0.25) is 0 Å². The van der Waals surface area contributed by atoms with Gasteiger partial charge in [0.25, 0.3) is 0 Å². The Kier molecular flexibility index (Phi) is 3.52. The molecule has 0 amide bonds. The Bertz CT molecular complexity index is 492. The molecule has 88 valence electrons. The summed E-state index contributed by atoms with van der Waals surface area (Å²) < 4.78 is 10.4. The van der Waals surface area contributed by atoms with Crippen molar-refractivity contribution < 1.29 is 19.1 Å². The monoisotopic (exact) mass is 233 g/mol. The van der Waals surface area contributed by atoms with Crippen molar-refractivity contribution >= 4 is 5.97 Å². The maximum absolute atomic E-state index is 10.6. The number of ether oxygens (including phenoxy) is 1. The number of furan rings is 1. The summed E-state index contributed by atoms with van der Waals surface area (Å²) in [5.41, 5.74) is 0.943. The van der Waals surface area contributed by atoms with Crippen molar-refractivity contribution in [2.75, 3.05) is 0 Å². The first kappa shape index (κ1) is 11.3. The Morgan fingerprint density at radius 2 is 2.29 bits per heavy atom. The third-order valence-corrected chi connectivity index (χ3v) is 2.12. The zero-order valence-electron chi connectivity index (χ0n) is 9.00. The molecule has 0 bridgehead atoms. The van der Waals surface area contributed by atoms with Crippen LogP contribution in [0.3, 0.4) is 0 Å². The molecule has 0 spiro atoms. The minimum Gasteiger partial charge on any atom is -0.478 e. The molecule has 0 radical (unpaired) electrons. The number of pyridine rings is 1. The van der Waals surface area contributed by atoms with Crippen LogP contribution in [0.1, 0.15) is 21.8 Å². The fraction of sp³-hybridized carbons (Fsp3) is 0.167. The smallest absolute Gasteiger partial charge is 0.338 e. The number of nitrogens with zero attached hydrogens (tertiary/aromatic N) is 1. The predicted octanol–water partition coefficient (Wildman–Crippen LogP) is 2.09. The minimum absolute atomic E-state index is 0.126. The van der Waals surface area contributed by atoms with Crippen LogP contribution in [0.4, 0.5) is 0 Å². The zero-order chi connectivity index (χ0) is 12.1. The first-order valence-corrected chi connectivity index (χ1v) is 5.04. The standard InChI is InChI=1S/C12H11NO4/c14-12(15)9-5-11(17-6-9)8-16-7-10-3-1-2-4-13-10/h1-6H,7-8H2,(H,14,15). The Morgan fingerprint density at radius 1 is 1.41 bits per heavy atom. The van der Waals surface area contributed by atoms with Crippen molar-refractivity contribution in [2.45, 2.75) is 13.2 Å². The molecule has 0 unspecified atom stereocenters. The van der Waals surface area contributed by atoms with Gasteiger partial charge in [0, 0.05) is 6.20 Å². The van der Waals surface area contributed by atoms with Gasteiger partial charge < -0.3 is 14.3 Å². The summed E-state index contributed by atoms with van der Waals surface area (Å²) in [6.45, 7) is 0.591. The molecule has 0 aliphatic carbocycles. The van der Waals surface area contributed by atoms with Gasteiger partial charge in [0.1, 0.15) is 18.6 Å². The Balaban J connectivity index is 1.84. The Hall–Kier alpha value is -2.14. The average Bonchev–Trinajstić information content (AvgIpc) is 2.79. The van der Waals surface area contributed by atoms with Crippen molar-refractivity contribution in [1.29, 1.82) is 0 Å². The van der Waals surface area contributed by atoms with E-state index in [1.54, 1.807) is 6.20 Å². The number of hydrogen-bond donors (Lipinski definition) is 1. The third kappa shape index (κ3) is 3.15. The molecule has 17 heavy (non-hydrogen) atoms. The highest BCUT2D eigenvalue weighted by Crippen LogP contribution is 2.09. The lowest BCUT2D eigenvalue weighted by Gasteiger charge is -2.00. The van der Waals surface area contributed by atoms with Gasteiger partial charge in [-0.2, -0.15) is 0 Å². The lowest BCUT2D eigenvalue weighted by atomic mass is 10.3. The molecule has 2 aromatic heterocycles. The first-order chi connectivity index (χ1) is 8.25. The molecule has 0 atom stereocenters. The van der Waals surface area contributed by atoms with E-state index in [-0.39, 0.29) is 12.2 Å². The van der Waals surface area contributed by atoms with E-state index in [0.717, 1.165) is 5.69 Å². The number of hydrogen-bond acceptors (Lipinski definition) is 4. The Labute approximate surface area is 97.7 Å². The lowest BCUT2D eigenvalue weighted by molar-refractivity contribution is 0.0696. The molecular weight excluding hydrogens is 222 g/mol. The van der Waals surface area contributed by atoms with Gasteiger partial charge in [-0.1, -0.05) is 6.07 Å². The van der Waals surface area contributed by atoms with Gasteiger partial charge in [0.05, 0.1) is 17.9 Å². The molecule has 2 heterocycles. The van der Waals surface area contributed by atoms with Crippen molar-refractivity contribution in [3.63, 3.8) is 0 Å². The number of aromatic carboxylic acids is 1. The molecule has 0 saturated heterocycles. The SMILES string of the molecule is O=C(O)c1coc(COCc2ccccn2)c1. The summed E-state index contributed by atoms with van der Waals surface area (Å²) in [5.74, 6) is -0.525. The van der Waals surface area contributed by atoms with Crippen LogP contribution in [0.5, 0.6) is 0 Å². The lowest BCUT2D eigenvalue weighted by Crippen LogP contribution is -1.95. The number of rotatable bonds is 5. The summed E-state index contributed by atoms with van der Waals surface area (Å²) in [7, 11) is 0. The van der Waals surface area contributed by atoms with Crippen molar-refractivity contribution in [2.24, 2.45) is 0 Å². The fourth-order valence-corrected chi connectivity index (χ4v) is 1.31. The van der Waals surface area contributed by atoms with Crippen LogP contribution in [-0.4, -0.2) is 16.1 Å². The van der Waals surface area contributed by atoms with Gasteiger partial charge in [-0.3, -0.25) is 4.98 Å².